The zero-order chi connectivity index (χ0) is 9.68. The highest BCUT2D eigenvalue weighted by Crippen LogP contribution is 2.15. The van der Waals surface area contributed by atoms with E-state index < -0.39 is 0 Å². The van der Waals surface area contributed by atoms with Crippen LogP contribution < -0.4 is 0 Å². The van der Waals surface area contributed by atoms with E-state index in [1.54, 1.807) is 0 Å². The average Bonchev–Trinajstić information content (AvgIpc) is 2.04. The van der Waals surface area contributed by atoms with Crippen LogP contribution in [0.2, 0.25) is 0 Å². The predicted octanol–water partition coefficient (Wildman–Crippen LogP) is 0.726. The summed E-state index contributed by atoms with van der Waals surface area (Å²) < 4.78 is 5.29. The van der Waals surface area contributed by atoms with Crippen LogP contribution in [0, 0.1) is 5.92 Å². The summed E-state index contributed by atoms with van der Waals surface area (Å²) in [6.07, 6.45) is 2.12. The maximum Gasteiger partial charge on any atom is 0.0638 e. The molecule has 0 aromatic heterocycles. The Kier molecular flexibility index (Phi) is 4.70. The topological polar surface area (TPSA) is 32.7 Å². The summed E-state index contributed by atoms with van der Waals surface area (Å²) in [6, 6.07) is 0. The lowest BCUT2D eigenvalue weighted by Crippen LogP contribution is -2.33. The molecule has 1 fully saturated rings. The van der Waals surface area contributed by atoms with E-state index in [0.29, 0.717) is 0 Å². The van der Waals surface area contributed by atoms with Crippen molar-refractivity contribution in [2.45, 2.75) is 25.9 Å². The van der Waals surface area contributed by atoms with Crippen LogP contribution in [0.25, 0.3) is 0 Å². The van der Waals surface area contributed by atoms with E-state index in [1.807, 2.05) is 6.92 Å². The standard InChI is InChI=1S/C10H21NO2/c1-9(12)7-11(2)8-10-3-5-13-6-4-10/h9-10,12H,3-8H2,1-2H3/t9-/m1/s1. The van der Waals surface area contributed by atoms with Crippen LogP contribution >= 0.6 is 0 Å². The molecular weight excluding hydrogens is 166 g/mol. The van der Waals surface area contributed by atoms with E-state index >= 15 is 0 Å². The molecule has 78 valence electrons. The average molecular weight is 187 g/mol. The second kappa shape index (κ2) is 5.58. The van der Waals surface area contributed by atoms with Crippen molar-refractivity contribution in [3.05, 3.63) is 0 Å². The Labute approximate surface area is 80.7 Å². The summed E-state index contributed by atoms with van der Waals surface area (Å²) in [5.74, 6) is 0.762. The largest absolute Gasteiger partial charge is 0.392 e. The summed E-state index contributed by atoms with van der Waals surface area (Å²) in [5, 5.41) is 9.19. The molecule has 1 saturated heterocycles. The lowest BCUT2D eigenvalue weighted by Gasteiger charge is -2.27. The van der Waals surface area contributed by atoms with E-state index in [4.69, 9.17) is 4.74 Å². The van der Waals surface area contributed by atoms with E-state index in [2.05, 4.69) is 11.9 Å². The minimum atomic E-state index is -0.218. The minimum absolute atomic E-state index is 0.218. The summed E-state index contributed by atoms with van der Waals surface area (Å²) in [5.41, 5.74) is 0. The number of rotatable bonds is 4. The number of hydrogen-bond acceptors (Lipinski definition) is 3. The Hall–Kier alpha value is -0.120. The third-order valence-electron chi connectivity index (χ3n) is 2.49. The third kappa shape index (κ3) is 4.60. The highest BCUT2D eigenvalue weighted by Gasteiger charge is 2.15. The highest BCUT2D eigenvalue weighted by molar-refractivity contribution is 4.68. The highest BCUT2D eigenvalue weighted by atomic mass is 16.5. The third-order valence-corrected chi connectivity index (χ3v) is 2.49. The molecule has 1 heterocycles. The van der Waals surface area contributed by atoms with Crippen LogP contribution in [-0.4, -0.2) is 49.5 Å². The summed E-state index contributed by atoms with van der Waals surface area (Å²) in [6.45, 7) is 5.52. The quantitative estimate of drug-likeness (QED) is 0.704. The molecule has 1 rings (SSSR count). The van der Waals surface area contributed by atoms with Gasteiger partial charge in [0.05, 0.1) is 6.10 Å². The Morgan fingerprint density at radius 1 is 1.46 bits per heavy atom. The zero-order valence-electron chi connectivity index (χ0n) is 8.70. The first-order chi connectivity index (χ1) is 6.18. The molecule has 1 aliphatic rings. The van der Waals surface area contributed by atoms with Crippen molar-refractivity contribution >= 4 is 0 Å². The van der Waals surface area contributed by atoms with Crippen LogP contribution in [0.3, 0.4) is 0 Å². The molecule has 0 aromatic carbocycles. The van der Waals surface area contributed by atoms with E-state index in [0.717, 1.165) is 32.2 Å². The van der Waals surface area contributed by atoms with Crippen LogP contribution in [-0.2, 0) is 4.74 Å². The molecule has 1 aliphatic heterocycles. The fraction of sp³-hybridized carbons (Fsp3) is 1.00. The maximum atomic E-state index is 9.19. The number of hydrogen-bond donors (Lipinski definition) is 1. The van der Waals surface area contributed by atoms with Gasteiger partial charge in [0, 0.05) is 26.3 Å². The van der Waals surface area contributed by atoms with Gasteiger partial charge in [0.1, 0.15) is 0 Å². The van der Waals surface area contributed by atoms with Gasteiger partial charge in [-0.1, -0.05) is 0 Å². The fourth-order valence-corrected chi connectivity index (χ4v) is 1.90. The normalized spacial score (nSPS) is 22.2. The summed E-state index contributed by atoms with van der Waals surface area (Å²) in [7, 11) is 2.07. The van der Waals surface area contributed by atoms with Gasteiger partial charge in [-0.15, -0.1) is 0 Å². The number of nitrogens with zero attached hydrogens (tertiary/aromatic N) is 1. The van der Waals surface area contributed by atoms with Crippen molar-refractivity contribution in [1.82, 2.24) is 4.90 Å². The van der Waals surface area contributed by atoms with Gasteiger partial charge in [0.15, 0.2) is 0 Å². The Morgan fingerprint density at radius 3 is 2.62 bits per heavy atom. The van der Waals surface area contributed by atoms with Crippen molar-refractivity contribution in [2.75, 3.05) is 33.4 Å². The molecule has 0 bridgehead atoms. The lowest BCUT2D eigenvalue weighted by atomic mass is 10.00. The molecule has 0 aromatic rings. The van der Waals surface area contributed by atoms with Gasteiger partial charge in [0.25, 0.3) is 0 Å². The van der Waals surface area contributed by atoms with Crippen LogP contribution in [0.5, 0.6) is 0 Å². The first kappa shape index (κ1) is 11.0. The van der Waals surface area contributed by atoms with Crippen molar-refractivity contribution in [3.8, 4) is 0 Å². The van der Waals surface area contributed by atoms with Crippen molar-refractivity contribution in [2.24, 2.45) is 5.92 Å². The number of ether oxygens (including phenoxy) is 1. The summed E-state index contributed by atoms with van der Waals surface area (Å²) >= 11 is 0. The van der Waals surface area contributed by atoms with Gasteiger partial charge in [0.2, 0.25) is 0 Å². The molecule has 0 spiro atoms. The molecule has 1 N–H and O–H groups in total. The molecule has 3 heteroatoms. The molecule has 13 heavy (non-hydrogen) atoms. The fourth-order valence-electron chi connectivity index (χ4n) is 1.90. The SMILES string of the molecule is C[C@@H](O)CN(C)CC1CCOCC1. The molecule has 3 nitrogen and oxygen atoms in total. The Morgan fingerprint density at radius 2 is 2.08 bits per heavy atom. The lowest BCUT2D eigenvalue weighted by molar-refractivity contribution is 0.0495. The van der Waals surface area contributed by atoms with Crippen LogP contribution in [0.4, 0.5) is 0 Å². The molecule has 0 amide bonds. The zero-order valence-corrected chi connectivity index (χ0v) is 8.70. The van der Waals surface area contributed by atoms with E-state index in [-0.39, 0.29) is 6.10 Å². The van der Waals surface area contributed by atoms with E-state index in [9.17, 15) is 5.11 Å². The Balaban J connectivity index is 2.14. The number of likely N-dealkylation sites (N-methyl/N-ethyl adjacent to an activating group) is 1. The van der Waals surface area contributed by atoms with Crippen molar-refractivity contribution in [3.63, 3.8) is 0 Å². The van der Waals surface area contributed by atoms with Gasteiger partial charge in [-0.2, -0.15) is 0 Å². The molecule has 0 saturated carbocycles. The second-order valence-electron chi connectivity index (χ2n) is 4.13. The van der Waals surface area contributed by atoms with Gasteiger partial charge >= 0.3 is 0 Å². The molecule has 0 radical (unpaired) electrons. The van der Waals surface area contributed by atoms with Crippen LogP contribution in [0.1, 0.15) is 19.8 Å². The van der Waals surface area contributed by atoms with Gasteiger partial charge < -0.3 is 14.7 Å². The first-order valence-electron chi connectivity index (χ1n) is 5.13. The molecule has 0 unspecified atom stereocenters. The first-order valence-corrected chi connectivity index (χ1v) is 5.13. The van der Waals surface area contributed by atoms with Crippen molar-refractivity contribution in [1.29, 1.82) is 0 Å². The summed E-state index contributed by atoms with van der Waals surface area (Å²) in [4.78, 5) is 2.21. The van der Waals surface area contributed by atoms with Crippen molar-refractivity contribution < 1.29 is 9.84 Å². The maximum absolute atomic E-state index is 9.19. The number of aliphatic hydroxyl groups excluding tert-OH is 1. The monoisotopic (exact) mass is 187 g/mol. The van der Waals surface area contributed by atoms with E-state index in [1.165, 1.54) is 12.8 Å². The number of aliphatic hydroxyl groups is 1. The minimum Gasteiger partial charge on any atom is -0.392 e. The molecular formula is C10H21NO2. The van der Waals surface area contributed by atoms with Gasteiger partial charge in [-0.05, 0) is 32.7 Å². The predicted molar refractivity (Wildman–Crippen MR) is 52.7 cm³/mol. The molecule has 1 atom stereocenters. The van der Waals surface area contributed by atoms with Gasteiger partial charge in [-0.3, -0.25) is 0 Å². The second-order valence-corrected chi connectivity index (χ2v) is 4.13. The Bertz CT molecular complexity index is 133. The molecule has 0 aliphatic carbocycles. The van der Waals surface area contributed by atoms with Crippen LogP contribution in [0.15, 0.2) is 0 Å². The van der Waals surface area contributed by atoms with Gasteiger partial charge in [-0.25, -0.2) is 0 Å². The smallest absolute Gasteiger partial charge is 0.0638 e.